The Morgan fingerprint density at radius 2 is 1.00 bits per heavy atom. The normalized spacial score (nSPS) is 24.7. The van der Waals surface area contributed by atoms with Crippen molar-refractivity contribution in [1.82, 2.24) is 0 Å². The molecule has 0 radical (unpaired) electrons. The van der Waals surface area contributed by atoms with Crippen molar-refractivity contribution < 1.29 is 23.7 Å². The molecule has 0 bridgehead atoms. The average Bonchev–Trinajstić information content (AvgIpc) is 2.91. The van der Waals surface area contributed by atoms with E-state index < -0.39 is 12.4 Å². The van der Waals surface area contributed by atoms with Crippen LogP contribution in [0.25, 0.3) is 0 Å². The van der Waals surface area contributed by atoms with E-state index in [-0.39, 0.29) is 18.3 Å². The molecule has 5 nitrogen and oxygen atoms in total. The van der Waals surface area contributed by atoms with E-state index in [4.69, 9.17) is 23.7 Å². The third-order valence-corrected chi connectivity index (χ3v) is 6.08. The molecule has 0 aliphatic carbocycles. The lowest BCUT2D eigenvalue weighted by Gasteiger charge is -2.45. The van der Waals surface area contributed by atoms with Gasteiger partial charge in [0.25, 0.3) is 0 Å². The second-order valence-corrected chi connectivity index (χ2v) is 8.47. The largest absolute Gasteiger partial charge is 0.368 e. The summed E-state index contributed by atoms with van der Waals surface area (Å²) in [6.07, 6.45) is -1.07. The summed E-state index contributed by atoms with van der Waals surface area (Å²) in [6, 6.07) is 30.4. The maximum atomic E-state index is 6.53. The summed E-state index contributed by atoms with van der Waals surface area (Å²) in [6.45, 7) is 3.45. The summed E-state index contributed by atoms with van der Waals surface area (Å²) in [7, 11) is 1.65. The van der Waals surface area contributed by atoms with Crippen molar-refractivity contribution >= 4 is 0 Å². The standard InChI is InChI=1S/C29H34O5/c1-3-25-26(31-19-22-13-7-4-8-14-22)27(32-20-23-15-9-5-10-16-23)28(29(30-2)34-25)33-21-24-17-11-6-12-18-24/h4-18,25-29H,3,19-21H2,1-2H3/t25?,26-,27?,28?,29+/m1/s1. The zero-order valence-corrected chi connectivity index (χ0v) is 19.9. The Morgan fingerprint density at radius 1 is 0.588 bits per heavy atom. The van der Waals surface area contributed by atoms with Crippen LogP contribution < -0.4 is 0 Å². The molecule has 4 rings (SSSR count). The molecular formula is C29H34O5. The smallest absolute Gasteiger partial charge is 0.186 e. The molecule has 0 aromatic heterocycles. The molecule has 180 valence electrons. The Morgan fingerprint density at radius 3 is 1.41 bits per heavy atom. The van der Waals surface area contributed by atoms with Gasteiger partial charge in [-0.05, 0) is 23.1 Å². The first kappa shape index (κ1) is 24.6. The van der Waals surface area contributed by atoms with Crippen molar-refractivity contribution in [1.29, 1.82) is 0 Å². The predicted molar refractivity (Wildman–Crippen MR) is 131 cm³/mol. The summed E-state index contributed by atoms with van der Waals surface area (Å²) >= 11 is 0. The van der Waals surface area contributed by atoms with E-state index in [1.165, 1.54) is 0 Å². The zero-order valence-electron chi connectivity index (χ0n) is 19.9. The Hall–Kier alpha value is -2.54. The lowest BCUT2D eigenvalue weighted by molar-refractivity contribution is -0.318. The van der Waals surface area contributed by atoms with Gasteiger partial charge in [0.1, 0.15) is 18.3 Å². The number of hydrogen-bond acceptors (Lipinski definition) is 5. The Labute approximate surface area is 202 Å². The van der Waals surface area contributed by atoms with E-state index in [9.17, 15) is 0 Å². The van der Waals surface area contributed by atoms with Crippen LogP contribution in [0.2, 0.25) is 0 Å². The van der Waals surface area contributed by atoms with Crippen LogP contribution in [0, 0.1) is 0 Å². The van der Waals surface area contributed by atoms with Gasteiger partial charge in [-0.25, -0.2) is 0 Å². The number of hydrogen-bond donors (Lipinski definition) is 0. The molecule has 0 amide bonds. The molecule has 0 saturated carbocycles. The van der Waals surface area contributed by atoms with Gasteiger partial charge in [0, 0.05) is 7.11 Å². The minimum Gasteiger partial charge on any atom is -0.368 e. The van der Waals surface area contributed by atoms with Gasteiger partial charge in [-0.3, -0.25) is 0 Å². The number of rotatable bonds is 11. The first-order chi connectivity index (χ1) is 16.8. The fourth-order valence-corrected chi connectivity index (χ4v) is 4.26. The third-order valence-electron chi connectivity index (χ3n) is 6.08. The van der Waals surface area contributed by atoms with Crippen LogP contribution in [0.3, 0.4) is 0 Å². The summed E-state index contributed by atoms with van der Waals surface area (Å²) < 4.78 is 31.4. The first-order valence-electron chi connectivity index (χ1n) is 11.9. The number of ether oxygens (including phenoxy) is 5. The first-order valence-corrected chi connectivity index (χ1v) is 11.9. The van der Waals surface area contributed by atoms with E-state index in [1.54, 1.807) is 7.11 Å². The van der Waals surface area contributed by atoms with E-state index in [1.807, 2.05) is 66.7 Å². The van der Waals surface area contributed by atoms with E-state index in [2.05, 4.69) is 31.2 Å². The SMILES string of the molecule is CCC1O[C@H](OC)C(OCc2ccccc2)C(OCc2ccccc2)[C@@H]1OCc1ccccc1. The number of benzene rings is 3. The van der Waals surface area contributed by atoms with Gasteiger partial charge in [-0.15, -0.1) is 0 Å². The summed E-state index contributed by atoms with van der Waals surface area (Å²) in [5.74, 6) is 0. The van der Waals surface area contributed by atoms with Crippen molar-refractivity contribution in [3.05, 3.63) is 108 Å². The second-order valence-electron chi connectivity index (χ2n) is 8.47. The van der Waals surface area contributed by atoms with Crippen LogP contribution in [-0.4, -0.2) is 37.8 Å². The maximum Gasteiger partial charge on any atom is 0.186 e. The van der Waals surface area contributed by atoms with Gasteiger partial charge >= 0.3 is 0 Å². The summed E-state index contributed by atoms with van der Waals surface area (Å²) in [5, 5.41) is 0. The minimum atomic E-state index is -0.550. The van der Waals surface area contributed by atoms with Gasteiger partial charge < -0.3 is 23.7 Å². The Bertz CT molecular complexity index is 893. The topological polar surface area (TPSA) is 46.2 Å². The van der Waals surface area contributed by atoms with Crippen LogP contribution >= 0.6 is 0 Å². The molecule has 5 heteroatoms. The van der Waals surface area contributed by atoms with Crippen LogP contribution in [0.15, 0.2) is 91.0 Å². The van der Waals surface area contributed by atoms with E-state index in [0.29, 0.717) is 19.8 Å². The monoisotopic (exact) mass is 462 g/mol. The lowest BCUT2D eigenvalue weighted by Crippen LogP contribution is -2.60. The van der Waals surface area contributed by atoms with Crippen LogP contribution in [-0.2, 0) is 43.5 Å². The van der Waals surface area contributed by atoms with Crippen molar-refractivity contribution in [2.75, 3.05) is 7.11 Å². The molecule has 1 aliphatic rings. The highest BCUT2D eigenvalue weighted by atomic mass is 16.7. The molecule has 3 aromatic carbocycles. The third kappa shape index (κ3) is 6.53. The quantitative estimate of drug-likeness (QED) is 0.375. The molecule has 1 fully saturated rings. The second kappa shape index (κ2) is 12.8. The molecule has 1 saturated heterocycles. The molecule has 1 aliphatic heterocycles. The molecular weight excluding hydrogens is 428 g/mol. The Kier molecular flexibility index (Phi) is 9.25. The van der Waals surface area contributed by atoms with Crippen molar-refractivity contribution in [3.63, 3.8) is 0 Å². The van der Waals surface area contributed by atoms with Gasteiger partial charge in [-0.1, -0.05) is 97.9 Å². The predicted octanol–water partition coefficient (Wildman–Crippen LogP) is 5.52. The van der Waals surface area contributed by atoms with Gasteiger partial charge in [0.2, 0.25) is 0 Å². The summed E-state index contributed by atoms with van der Waals surface area (Å²) in [5.41, 5.74) is 3.29. The molecule has 3 aromatic rings. The zero-order chi connectivity index (χ0) is 23.6. The van der Waals surface area contributed by atoms with Gasteiger partial charge in [0.05, 0.1) is 25.9 Å². The molecule has 34 heavy (non-hydrogen) atoms. The average molecular weight is 463 g/mol. The molecule has 5 atom stereocenters. The highest BCUT2D eigenvalue weighted by molar-refractivity contribution is 5.15. The number of methoxy groups -OCH3 is 1. The van der Waals surface area contributed by atoms with E-state index >= 15 is 0 Å². The maximum absolute atomic E-state index is 6.53. The lowest BCUT2D eigenvalue weighted by atomic mass is 9.96. The summed E-state index contributed by atoms with van der Waals surface area (Å²) in [4.78, 5) is 0. The van der Waals surface area contributed by atoms with Crippen LogP contribution in [0.5, 0.6) is 0 Å². The van der Waals surface area contributed by atoms with Crippen molar-refractivity contribution in [2.24, 2.45) is 0 Å². The molecule has 0 N–H and O–H groups in total. The Balaban J connectivity index is 1.56. The van der Waals surface area contributed by atoms with Crippen LogP contribution in [0.1, 0.15) is 30.0 Å². The van der Waals surface area contributed by atoms with Gasteiger partial charge in [0.15, 0.2) is 6.29 Å². The molecule has 0 spiro atoms. The fraction of sp³-hybridized carbons (Fsp3) is 0.379. The highest BCUT2D eigenvalue weighted by Gasteiger charge is 2.48. The van der Waals surface area contributed by atoms with Crippen LogP contribution in [0.4, 0.5) is 0 Å². The minimum absolute atomic E-state index is 0.175. The molecule has 1 heterocycles. The van der Waals surface area contributed by atoms with Gasteiger partial charge in [-0.2, -0.15) is 0 Å². The fourth-order valence-electron chi connectivity index (χ4n) is 4.26. The molecule has 3 unspecified atom stereocenters. The van der Waals surface area contributed by atoms with E-state index in [0.717, 1.165) is 23.1 Å². The van der Waals surface area contributed by atoms with Crippen molar-refractivity contribution in [2.45, 2.75) is 63.9 Å². The highest BCUT2D eigenvalue weighted by Crippen LogP contribution is 2.32. The van der Waals surface area contributed by atoms with Crippen molar-refractivity contribution in [3.8, 4) is 0 Å².